The van der Waals surface area contributed by atoms with Gasteiger partial charge >= 0.3 is 6.03 Å². The van der Waals surface area contributed by atoms with Gasteiger partial charge in [0.25, 0.3) is 0 Å². The van der Waals surface area contributed by atoms with Crippen molar-refractivity contribution in [1.29, 1.82) is 0 Å². The second kappa shape index (κ2) is 6.31. The topological polar surface area (TPSA) is 61.4 Å². The molecule has 2 aromatic rings. The molecule has 0 saturated carbocycles. The van der Waals surface area contributed by atoms with Crippen molar-refractivity contribution in [3.8, 4) is 0 Å². The molecule has 0 aliphatic carbocycles. The Labute approximate surface area is 133 Å². The smallest absolute Gasteiger partial charge is 0.323 e. The van der Waals surface area contributed by atoms with Crippen LogP contribution in [0.2, 0.25) is 0 Å². The predicted octanol–water partition coefficient (Wildman–Crippen LogP) is 2.51. The van der Waals surface area contributed by atoms with Crippen LogP contribution in [0.5, 0.6) is 0 Å². The molecule has 3 heterocycles. The summed E-state index contributed by atoms with van der Waals surface area (Å²) in [6.07, 6.45) is 1.69. The molecule has 0 atom stereocenters. The Morgan fingerprint density at radius 1 is 1.27 bits per heavy atom. The van der Waals surface area contributed by atoms with Crippen molar-refractivity contribution in [1.82, 2.24) is 14.9 Å². The molecule has 0 unspecified atom stereocenters. The highest BCUT2D eigenvalue weighted by molar-refractivity contribution is 7.13. The maximum absolute atomic E-state index is 12.3. The van der Waals surface area contributed by atoms with Gasteiger partial charge in [-0.3, -0.25) is 5.32 Å². The Hall–Kier alpha value is -2.15. The Balaban J connectivity index is 1.57. The summed E-state index contributed by atoms with van der Waals surface area (Å²) >= 11 is 1.66. The molecule has 6 nitrogen and oxygen atoms in total. The minimum absolute atomic E-state index is 0.0863. The van der Waals surface area contributed by atoms with Gasteiger partial charge in [-0.1, -0.05) is 6.07 Å². The number of hydrogen-bond donors (Lipinski definition) is 1. The third-order valence-corrected chi connectivity index (χ3v) is 4.70. The van der Waals surface area contributed by atoms with Gasteiger partial charge in [0.15, 0.2) is 5.13 Å². The lowest BCUT2D eigenvalue weighted by atomic mass is 10.3. The number of piperazine rings is 1. The average Bonchev–Trinajstić information content (AvgIpc) is 2.96. The lowest BCUT2D eigenvalue weighted by Gasteiger charge is -2.34. The maximum Gasteiger partial charge on any atom is 0.323 e. The quantitative estimate of drug-likeness (QED) is 0.924. The van der Waals surface area contributed by atoms with E-state index < -0.39 is 0 Å². The van der Waals surface area contributed by atoms with E-state index in [4.69, 9.17) is 0 Å². The first-order valence-corrected chi connectivity index (χ1v) is 8.16. The number of amides is 2. The van der Waals surface area contributed by atoms with Crippen molar-refractivity contribution in [3.63, 3.8) is 0 Å². The van der Waals surface area contributed by atoms with Gasteiger partial charge in [-0.05, 0) is 25.5 Å². The molecule has 7 heteroatoms. The van der Waals surface area contributed by atoms with Crippen molar-refractivity contribution in [2.75, 3.05) is 36.4 Å². The molecule has 2 amide bonds. The zero-order valence-corrected chi connectivity index (χ0v) is 13.6. The summed E-state index contributed by atoms with van der Waals surface area (Å²) in [5.41, 5.74) is 2.01. The lowest BCUT2D eigenvalue weighted by Crippen LogP contribution is -2.50. The number of aromatic nitrogens is 2. The Morgan fingerprint density at radius 2 is 2.05 bits per heavy atom. The molecule has 0 aromatic carbocycles. The van der Waals surface area contributed by atoms with Crippen LogP contribution in [0.25, 0.3) is 0 Å². The van der Waals surface area contributed by atoms with Gasteiger partial charge in [-0.2, -0.15) is 0 Å². The van der Waals surface area contributed by atoms with Crippen LogP contribution in [0.15, 0.2) is 23.7 Å². The molecule has 1 saturated heterocycles. The van der Waals surface area contributed by atoms with Crippen molar-refractivity contribution < 1.29 is 4.79 Å². The van der Waals surface area contributed by atoms with Crippen LogP contribution >= 0.6 is 11.3 Å². The average molecular weight is 317 g/mol. The molecule has 3 rings (SSSR count). The monoisotopic (exact) mass is 317 g/mol. The number of hydrogen-bond acceptors (Lipinski definition) is 5. The minimum atomic E-state index is -0.0863. The largest absolute Gasteiger partial charge is 0.345 e. The zero-order chi connectivity index (χ0) is 15.5. The number of aryl methyl sites for hydroxylation is 2. The van der Waals surface area contributed by atoms with Gasteiger partial charge in [0, 0.05) is 37.8 Å². The molecular weight excluding hydrogens is 298 g/mol. The summed E-state index contributed by atoms with van der Waals surface area (Å²) in [7, 11) is 0. The van der Waals surface area contributed by atoms with Crippen molar-refractivity contribution in [2.45, 2.75) is 13.8 Å². The Morgan fingerprint density at radius 3 is 2.68 bits per heavy atom. The molecular formula is C15H19N5OS. The summed E-state index contributed by atoms with van der Waals surface area (Å²) in [6, 6.07) is 3.71. The van der Waals surface area contributed by atoms with E-state index >= 15 is 0 Å². The number of pyridine rings is 1. The summed E-state index contributed by atoms with van der Waals surface area (Å²) < 4.78 is 0. The fraction of sp³-hybridized carbons (Fsp3) is 0.400. The summed E-state index contributed by atoms with van der Waals surface area (Å²) in [5, 5.41) is 5.98. The van der Waals surface area contributed by atoms with Crippen molar-refractivity contribution in [2.24, 2.45) is 0 Å². The first kappa shape index (κ1) is 14.8. The van der Waals surface area contributed by atoms with Crippen LogP contribution in [-0.2, 0) is 0 Å². The summed E-state index contributed by atoms with van der Waals surface area (Å²) in [4.78, 5) is 25.1. The molecule has 116 valence electrons. The zero-order valence-electron chi connectivity index (χ0n) is 12.7. The molecule has 1 aliphatic heterocycles. The molecule has 0 radical (unpaired) electrons. The van der Waals surface area contributed by atoms with E-state index in [1.165, 1.54) is 0 Å². The van der Waals surface area contributed by atoms with E-state index in [0.717, 1.165) is 29.5 Å². The molecule has 22 heavy (non-hydrogen) atoms. The van der Waals surface area contributed by atoms with Crippen LogP contribution in [0.4, 0.5) is 15.7 Å². The van der Waals surface area contributed by atoms with Crippen LogP contribution in [0.1, 0.15) is 11.3 Å². The van der Waals surface area contributed by atoms with Gasteiger partial charge in [0.2, 0.25) is 0 Å². The highest BCUT2D eigenvalue weighted by Gasteiger charge is 2.23. The molecule has 1 fully saturated rings. The highest BCUT2D eigenvalue weighted by atomic mass is 32.1. The van der Waals surface area contributed by atoms with Gasteiger partial charge in [0.1, 0.15) is 5.82 Å². The number of thiazole rings is 1. The third-order valence-electron chi connectivity index (χ3n) is 3.68. The SMILES string of the molecule is Cc1csc(N2CCN(C(=O)Nc3ncccc3C)CC2)n1. The standard InChI is InChI=1S/C15H19N5OS/c1-11-4-3-5-16-13(11)18-14(21)19-6-8-20(9-7-19)15-17-12(2)10-22-15/h3-5,10H,6-9H2,1-2H3,(H,16,18,21). The van der Waals surface area contributed by atoms with E-state index in [1.807, 2.05) is 30.9 Å². The van der Waals surface area contributed by atoms with E-state index in [0.29, 0.717) is 18.9 Å². The van der Waals surface area contributed by atoms with Gasteiger partial charge in [-0.25, -0.2) is 14.8 Å². The third kappa shape index (κ3) is 3.19. The molecule has 1 N–H and O–H groups in total. The number of carbonyl (C=O) groups excluding carboxylic acids is 1. The van der Waals surface area contributed by atoms with Crippen LogP contribution in [0.3, 0.4) is 0 Å². The van der Waals surface area contributed by atoms with Crippen molar-refractivity contribution in [3.05, 3.63) is 35.0 Å². The number of nitrogens with zero attached hydrogens (tertiary/aromatic N) is 4. The fourth-order valence-corrected chi connectivity index (χ4v) is 3.24. The van der Waals surface area contributed by atoms with E-state index in [9.17, 15) is 4.79 Å². The van der Waals surface area contributed by atoms with Gasteiger partial charge < -0.3 is 9.80 Å². The number of nitrogens with one attached hydrogen (secondary N) is 1. The van der Waals surface area contributed by atoms with Crippen LogP contribution in [0, 0.1) is 13.8 Å². The molecule has 1 aliphatic rings. The van der Waals surface area contributed by atoms with Crippen LogP contribution < -0.4 is 10.2 Å². The summed E-state index contributed by atoms with van der Waals surface area (Å²) in [5.74, 6) is 0.630. The first-order chi connectivity index (χ1) is 10.6. The lowest BCUT2D eigenvalue weighted by molar-refractivity contribution is 0.208. The Bertz CT molecular complexity index is 663. The van der Waals surface area contributed by atoms with Crippen LogP contribution in [-0.4, -0.2) is 47.1 Å². The first-order valence-electron chi connectivity index (χ1n) is 7.28. The molecule has 2 aromatic heterocycles. The predicted molar refractivity (Wildman–Crippen MR) is 88.6 cm³/mol. The molecule has 0 spiro atoms. The Kier molecular flexibility index (Phi) is 4.24. The highest BCUT2D eigenvalue weighted by Crippen LogP contribution is 2.21. The van der Waals surface area contributed by atoms with Crippen molar-refractivity contribution >= 4 is 28.3 Å². The normalized spacial score (nSPS) is 15.0. The van der Waals surface area contributed by atoms with E-state index in [-0.39, 0.29) is 6.03 Å². The minimum Gasteiger partial charge on any atom is -0.345 e. The number of urea groups is 1. The number of rotatable bonds is 2. The summed E-state index contributed by atoms with van der Waals surface area (Å²) in [6.45, 7) is 6.93. The molecule has 0 bridgehead atoms. The number of carbonyl (C=O) groups is 1. The fourth-order valence-electron chi connectivity index (χ4n) is 2.38. The number of anilines is 2. The maximum atomic E-state index is 12.3. The van der Waals surface area contributed by atoms with E-state index in [2.05, 4.69) is 25.6 Å². The van der Waals surface area contributed by atoms with Gasteiger partial charge in [0.05, 0.1) is 5.69 Å². The second-order valence-electron chi connectivity index (χ2n) is 5.34. The second-order valence-corrected chi connectivity index (χ2v) is 6.18. The van der Waals surface area contributed by atoms with Gasteiger partial charge in [-0.15, -0.1) is 11.3 Å². The van der Waals surface area contributed by atoms with E-state index in [1.54, 1.807) is 17.5 Å².